The summed E-state index contributed by atoms with van der Waals surface area (Å²) in [5, 5.41) is 5.43. The van der Waals surface area contributed by atoms with E-state index in [1.165, 1.54) is 0 Å². The summed E-state index contributed by atoms with van der Waals surface area (Å²) >= 11 is 0. The maximum atomic E-state index is 12.9. The van der Waals surface area contributed by atoms with E-state index in [2.05, 4.69) is 20.6 Å². The van der Waals surface area contributed by atoms with Gasteiger partial charge < -0.3 is 20.3 Å². The van der Waals surface area contributed by atoms with Crippen molar-refractivity contribution in [1.29, 1.82) is 0 Å². The van der Waals surface area contributed by atoms with Crippen molar-refractivity contribution in [2.45, 2.75) is 39.2 Å². The second-order valence-electron chi connectivity index (χ2n) is 8.69. The van der Waals surface area contributed by atoms with Crippen LogP contribution in [-0.4, -0.2) is 69.1 Å². The molecule has 0 spiro atoms. The number of piperidine rings is 1. The second-order valence-corrected chi connectivity index (χ2v) is 8.69. The highest BCUT2D eigenvalue weighted by Gasteiger charge is 2.29. The first-order valence-corrected chi connectivity index (χ1v) is 10.7. The van der Waals surface area contributed by atoms with Crippen molar-refractivity contribution in [3.05, 3.63) is 42.6 Å². The van der Waals surface area contributed by atoms with Crippen LogP contribution in [0.25, 0.3) is 5.82 Å². The van der Waals surface area contributed by atoms with E-state index in [4.69, 9.17) is 4.74 Å². The molecule has 1 unspecified atom stereocenters. The maximum absolute atomic E-state index is 12.9. The van der Waals surface area contributed by atoms with Crippen molar-refractivity contribution in [1.82, 2.24) is 30.1 Å². The third kappa shape index (κ3) is 6.53. The van der Waals surface area contributed by atoms with Crippen LogP contribution in [-0.2, 0) is 9.53 Å². The average molecular weight is 443 g/mol. The molecule has 0 aliphatic carbocycles. The molecule has 1 saturated heterocycles. The highest BCUT2D eigenvalue weighted by molar-refractivity contribution is 5.94. The second kappa shape index (κ2) is 10.3. The number of carbonyl (C=O) groups is 3. The highest BCUT2D eigenvalue weighted by Crippen LogP contribution is 2.19. The zero-order valence-electron chi connectivity index (χ0n) is 18.7. The lowest BCUT2D eigenvalue weighted by Crippen LogP contribution is -2.46. The van der Waals surface area contributed by atoms with Gasteiger partial charge in [0.2, 0.25) is 5.91 Å². The molecule has 0 saturated carbocycles. The van der Waals surface area contributed by atoms with Crippen LogP contribution in [0.3, 0.4) is 0 Å². The van der Waals surface area contributed by atoms with Gasteiger partial charge in [0.05, 0.1) is 11.5 Å². The standard InChI is InChI=1S/C22H30N6O4/c1-22(2,3)32-21(31)25-9-8-24-19(29)17-5-4-11-27(14-17)20(30)16-6-7-18(26-13-16)28-12-10-23-15-28/h6-7,10,12-13,15,17H,4-5,8-9,11,14H2,1-3H3,(H,24,29)(H,25,31). The number of hydrogen-bond acceptors (Lipinski definition) is 6. The van der Waals surface area contributed by atoms with Crippen LogP contribution in [0.5, 0.6) is 0 Å². The highest BCUT2D eigenvalue weighted by atomic mass is 16.6. The van der Waals surface area contributed by atoms with Crippen LogP contribution in [0.2, 0.25) is 0 Å². The summed E-state index contributed by atoms with van der Waals surface area (Å²) < 4.78 is 6.91. The third-order valence-electron chi connectivity index (χ3n) is 4.94. The molecular weight excluding hydrogens is 412 g/mol. The Hall–Kier alpha value is -3.43. The molecule has 3 heterocycles. The van der Waals surface area contributed by atoms with Gasteiger partial charge in [-0.05, 0) is 45.7 Å². The quantitative estimate of drug-likeness (QED) is 0.658. The lowest BCUT2D eigenvalue weighted by atomic mass is 9.96. The van der Waals surface area contributed by atoms with Crippen molar-refractivity contribution in [3.63, 3.8) is 0 Å². The fourth-order valence-electron chi connectivity index (χ4n) is 3.43. The van der Waals surface area contributed by atoms with Gasteiger partial charge in [-0.1, -0.05) is 0 Å². The zero-order chi connectivity index (χ0) is 23.1. The molecule has 10 heteroatoms. The summed E-state index contributed by atoms with van der Waals surface area (Å²) in [5.41, 5.74) is -0.0858. The lowest BCUT2D eigenvalue weighted by molar-refractivity contribution is -0.126. The first kappa shape index (κ1) is 23.2. The number of amides is 3. The number of pyridine rings is 1. The Bertz CT molecular complexity index is 921. The third-order valence-corrected chi connectivity index (χ3v) is 4.94. The van der Waals surface area contributed by atoms with Crippen molar-refractivity contribution >= 4 is 17.9 Å². The average Bonchev–Trinajstić information content (AvgIpc) is 3.30. The van der Waals surface area contributed by atoms with Crippen LogP contribution in [0.15, 0.2) is 37.1 Å². The molecule has 32 heavy (non-hydrogen) atoms. The minimum Gasteiger partial charge on any atom is -0.444 e. The summed E-state index contributed by atoms with van der Waals surface area (Å²) in [4.78, 5) is 47.1. The SMILES string of the molecule is CC(C)(C)OC(=O)NCCNC(=O)C1CCCN(C(=O)c2ccc(-n3ccnc3)nc2)C1. The summed E-state index contributed by atoms with van der Waals surface area (Å²) in [6, 6.07) is 3.50. The molecule has 10 nitrogen and oxygen atoms in total. The van der Waals surface area contributed by atoms with Crippen LogP contribution >= 0.6 is 0 Å². The van der Waals surface area contributed by atoms with Gasteiger partial charge in [0.25, 0.3) is 5.91 Å². The Morgan fingerprint density at radius 1 is 1.19 bits per heavy atom. The minimum absolute atomic E-state index is 0.123. The van der Waals surface area contributed by atoms with Gasteiger partial charge in [0.15, 0.2) is 0 Å². The smallest absolute Gasteiger partial charge is 0.407 e. The molecule has 2 aromatic heterocycles. The van der Waals surface area contributed by atoms with Crippen molar-refractivity contribution in [2.75, 3.05) is 26.2 Å². The van der Waals surface area contributed by atoms with Crippen molar-refractivity contribution in [2.24, 2.45) is 5.92 Å². The van der Waals surface area contributed by atoms with Gasteiger partial charge in [0, 0.05) is 44.8 Å². The Kier molecular flexibility index (Phi) is 7.45. The Morgan fingerprint density at radius 2 is 1.97 bits per heavy atom. The predicted molar refractivity (Wildman–Crippen MR) is 117 cm³/mol. The van der Waals surface area contributed by atoms with Crippen LogP contribution in [0.1, 0.15) is 44.0 Å². The summed E-state index contributed by atoms with van der Waals surface area (Å²) in [6.45, 7) is 6.88. The molecule has 3 amide bonds. The molecule has 3 rings (SSSR count). The number of imidazole rings is 1. The molecule has 172 valence electrons. The number of hydrogen-bond donors (Lipinski definition) is 2. The van der Waals surface area contributed by atoms with Gasteiger partial charge in [0.1, 0.15) is 17.7 Å². The minimum atomic E-state index is -0.569. The molecular formula is C22H30N6O4. The Labute approximate surface area is 187 Å². The molecule has 1 atom stereocenters. The van der Waals surface area contributed by atoms with Gasteiger partial charge in [-0.15, -0.1) is 0 Å². The molecule has 1 fully saturated rings. The van der Waals surface area contributed by atoms with E-state index < -0.39 is 11.7 Å². The maximum Gasteiger partial charge on any atom is 0.407 e. The van der Waals surface area contributed by atoms with E-state index in [0.29, 0.717) is 37.4 Å². The number of rotatable bonds is 6. The molecule has 1 aliphatic heterocycles. The lowest BCUT2D eigenvalue weighted by Gasteiger charge is -2.32. The predicted octanol–water partition coefficient (Wildman–Crippen LogP) is 1.76. The number of nitrogens with zero attached hydrogens (tertiary/aromatic N) is 4. The number of nitrogens with one attached hydrogen (secondary N) is 2. The van der Waals surface area contributed by atoms with E-state index >= 15 is 0 Å². The van der Waals surface area contributed by atoms with Crippen molar-refractivity contribution < 1.29 is 19.1 Å². The van der Waals surface area contributed by atoms with E-state index in [9.17, 15) is 14.4 Å². The number of likely N-dealkylation sites (tertiary alicyclic amines) is 1. The first-order valence-electron chi connectivity index (χ1n) is 10.7. The van der Waals surface area contributed by atoms with Gasteiger partial charge in [-0.2, -0.15) is 0 Å². The fraction of sp³-hybridized carbons (Fsp3) is 0.500. The number of alkyl carbamates (subject to hydrolysis) is 1. The van der Waals surface area contributed by atoms with E-state index in [0.717, 1.165) is 6.42 Å². The van der Waals surface area contributed by atoms with Gasteiger partial charge in [-0.3, -0.25) is 14.2 Å². The summed E-state index contributed by atoms with van der Waals surface area (Å²) in [7, 11) is 0. The molecule has 0 aromatic carbocycles. The van der Waals surface area contributed by atoms with Gasteiger partial charge in [-0.25, -0.2) is 14.8 Å². The van der Waals surface area contributed by atoms with Gasteiger partial charge >= 0.3 is 6.09 Å². The summed E-state index contributed by atoms with van der Waals surface area (Å²) in [5.74, 6) is 0.128. The fourth-order valence-corrected chi connectivity index (χ4v) is 3.43. The number of carbonyl (C=O) groups excluding carboxylic acids is 3. The molecule has 1 aliphatic rings. The van der Waals surface area contributed by atoms with E-state index in [1.807, 2.05) is 0 Å². The number of ether oxygens (including phenoxy) is 1. The topological polar surface area (TPSA) is 118 Å². The normalized spacial score (nSPS) is 16.3. The summed E-state index contributed by atoms with van der Waals surface area (Å²) in [6.07, 6.45) is 7.57. The molecule has 0 bridgehead atoms. The van der Waals surface area contributed by atoms with Crippen LogP contribution in [0, 0.1) is 5.92 Å². The molecule has 2 N–H and O–H groups in total. The van der Waals surface area contributed by atoms with Crippen molar-refractivity contribution in [3.8, 4) is 5.82 Å². The van der Waals surface area contributed by atoms with Crippen LogP contribution < -0.4 is 10.6 Å². The monoisotopic (exact) mass is 442 g/mol. The Morgan fingerprint density at radius 3 is 2.62 bits per heavy atom. The zero-order valence-corrected chi connectivity index (χ0v) is 18.7. The molecule has 0 radical (unpaired) electrons. The number of aromatic nitrogens is 3. The Balaban J connectivity index is 1.46. The van der Waals surface area contributed by atoms with E-state index in [1.54, 1.807) is 67.3 Å². The largest absolute Gasteiger partial charge is 0.444 e. The van der Waals surface area contributed by atoms with E-state index in [-0.39, 0.29) is 24.3 Å². The molecule has 2 aromatic rings. The van der Waals surface area contributed by atoms with Crippen LogP contribution in [0.4, 0.5) is 4.79 Å². The first-order chi connectivity index (χ1) is 15.2.